The van der Waals surface area contributed by atoms with Gasteiger partial charge in [-0.05, 0) is 18.6 Å². The minimum absolute atomic E-state index is 0.318. The Kier molecular flexibility index (Phi) is 5.85. The third-order valence-electron chi connectivity index (χ3n) is 2.24. The number of anilines is 2. The summed E-state index contributed by atoms with van der Waals surface area (Å²) in [4.78, 5) is 0. The summed E-state index contributed by atoms with van der Waals surface area (Å²) < 4.78 is 4.82. The third-order valence-corrected chi connectivity index (χ3v) is 2.97. The molecule has 0 bridgehead atoms. The lowest BCUT2D eigenvalue weighted by atomic mass is 10.2. The highest BCUT2D eigenvalue weighted by Crippen LogP contribution is 2.30. The Labute approximate surface area is 111 Å². The summed E-state index contributed by atoms with van der Waals surface area (Å²) in [5, 5.41) is 13.4. The standard InChI is InChI=1S/C11H16Cl2N2O2/c1-17-6-7(16)2-3-15-11-5-9(13)8(12)4-10(11)14/h4-5,7,15-16H,2-3,6,14H2,1H3. The maximum Gasteiger partial charge on any atom is 0.0790 e. The van der Waals surface area contributed by atoms with Gasteiger partial charge in [0.05, 0.1) is 34.1 Å². The number of nitrogens with one attached hydrogen (secondary N) is 1. The zero-order valence-corrected chi connectivity index (χ0v) is 11.1. The summed E-state index contributed by atoms with van der Waals surface area (Å²) in [5.74, 6) is 0. The molecule has 0 heterocycles. The Morgan fingerprint density at radius 1 is 1.41 bits per heavy atom. The van der Waals surface area contributed by atoms with E-state index >= 15 is 0 Å². The number of nitrogen functional groups attached to an aromatic ring is 1. The average Bonchev–Trinajstić information content (AvgIpc) is 2.26. The van der Waals surface area contributed by atoms with Crippen LogP contribution in [-0.4, -0.2) is 31.5 Å². The molecular formula is C11H16Cl2N2O2. The third kappa shape index (κ3) is 4.60. The van der Waals surface area contributed by atoms with Gasteiger partial charge >= 0.3 is 0 Å². The first-order chi connectivity index (χ1) is 8.04. The van der Waals surface area contributed by atoms with Gasteiger partial charge in [-0.25, -0.2) is 0 Å². The number of rotatable bonds is 6. The molecule has 1 atom stereocenters. The Hall–Kier alpha value is -0.680. The Bertz CT molecular complexity index is 375. The number of hydrogen-bond acceptors (Lipinski definition) is 4. The highest BCUT2D eigenvalue weighted by molar-refractivity contribution is 6.42. The van der Waals surface area contributed by atoms with Crippen molar-refractivity contribution in [3.05, 3.63) is 22.2 Å². The molecule has 17 heavy (non-hydrogen) atoms. The van der Waals surface area contributed by atoms with Crippen molar-refractivity contribution in [3.63, 3.8) is 0 Å². The fraction of sp³-hybridized carbons (Fsp3) is 0.455. The molecule has 4 nitrogen and oxygen atoms in total. The minimum atomic E-state index is -0.489. The van der Waals surface area contributed by atoms with Crippen LogP contribution in [0.2, 0.25) is 10.0 Å². The van der Waals surface area contributed by atoms with Crippen LogP contribution in [0, 0.1) is 0 Å². The number of benzene rings is 1. The Morgan fingerprint density at radius 2 is 2.06 bits per heavy atom. The van der Waals surface area contributed by atoms with Crippen molar-refractivity contribution < 1.29 is 9.84 Å². The predicted molar refractivity (Wildman–Crippen MR) is 71.9 cm³/mol. The highest BCUT2D eigenvalue weighted by atomic mass is 35.5. The lowest BCUT2D eigenvalue weighted by Crippen LogP contribution is -2.18. The van der Waals surface area contributed by atoms with Crippen LogP contribution >= 0.6 is 23.2 Å². The molecule has 0 radical (unpaired) electrons. The van der Waals surface area contributed by atoms with Gasteiger partial charge < -0.3 is 20.9 Å². The molecule has 0 aliphatic carbocycles. The summed E-state index contributed by atoms with van der Waals surface area (Å²) in [5.41, 5.74) is 7.01. The van der Waals surface area contributed by atoms with E-state index in [1.54, 1.807) is 19.2 Å². The maximum atomic E-state index is 9.45. The van der Waals surface area contributed by atoms with Gasteiger partial charge in [0.1, 0.15) is 0 Å². The van der Waals surface area contributed by atoms with Crippen LogP contribution in [-0.2, 0) is 4.74 Å². The smallest absolute Gasteiger partial charge is 0.0790 e. The number of nitrogens with two attached hydrogens (primary N) is 1. The molecule has 0 fully saturated rings. The maximum absolute atomic E-state index is 9.45. The molecule has 0 aliphatic rings. The first-order valence-corrected chi connectivity index (χ1v) is 5.95. The first kappa shape index (κ1) is 14.4. The molecule has 0 spiro atoms. The molecule has 1 aromatic rings. The predicted octanol–water partition coefficient (Wildman–Crippen LogP) is 2.38. The van der Waals surface area contributed by atoms with Crippen molar-refractivity contribution in [2.45, 2.75) is 12.5 Å². The van der Waals surface area contributed by atoms with Crippen LogP contribution in [0.1, 0.15) is 6.42 Å². The monoisotopic (exact) mass is 278 g/mol. The lowest BCUT2D eigenvalue weighted by molar-refractivity contribution is 0.0615. The van der Waals surface area contributed by atoms with E-state index in [1.165, 1.54) is 0 Å². The van der Waals surface area contributed by atoms with E-state index in [0.717, 1.165) is 0 Å². The first-order valence-electron chi connectivity index (χ1n) is 5.20. The molecule has 96 valence electrons. The van der Waals surface area contributed by atoms with E-state index in [9.17, 15) is 5.11 Å². The average molecular weight is 279 g/mol. The molecule has 1 rings (SSSR count). The zero-order chi connectivity index (χ0) is 12.8. The van der Waals surface area contributed by atoms with Gasteiger partial charge in [0.25, 0.3) is 0 Å². The van der Waals surface area contributed by atoms with Gasteiger partial charge in [0.15, 0.2) is 0 Å². The molecule has 0 aliphatic heterocycles. The summed E-state index contributed by atoms with van der Waals surface area (Å²) >= 11 is 11.7. The number of aliphatic hydroxyl groups is 1. The minimum Gasteiger partial charge on any atom is -0.397 e. The Morgan fingerprint density at radius 3 is 2.71 bits per heavy atom. The van der Waals surface area contributed by atoms with Crippen LogP contribution in [0.5, 0.6) is 0 Å². The molecule has 1 aromatic carbocycles. The van der Waals surface area contributed by atoms with Gasteiger partial charge in [-0.3, -0.25) is 0 Å². The number of ether oxygens (including phenoxy) is 1. The van der Waals surface area contributed by atoms with Gasteiger partial charge in [0.2, 0.25) is 0 Å². The van der Waals surface area contributed by atoms with E-state index in [2.05, 4.69) is 5.32 Å². The van der Waals surface area contributed by atoms with Crippen molar-refractivity contribution in [3.8, 4) is 0 Å². The van der Waals surface area contributed by atoms with Crippen molar-refractivity contribution >= 4 is 34.6 Å². The van der Waals surface area contributed by atoms with Crippen LogP contribution < -0.4 is 11.1 Å². The molecule has 0 saturated carbocycles. The van der Waals surface area contributed by atoms with Crippen molar-refractivity contribution in [2.24, 2.45) is 0 Å². The molecule has 4 N–H and O–H groups in total. The quantitative estimate of drug-likeness (QED) is 0.699. The molecular weight excluding hydrogens is 263 g/mol. The van der Waals surface area contributed by atoms with E-state index in [4.69, 9.17) is 33.7 Å². The molecule has 0 saturated heterocycles. The molecule has 6 heteroatoms. The summed E-state index contributed by atoms with van der Waals surface area (Å²) in [7, 11) is 1.55. The van der Waals surface area contributed by atoms with Crippen LogP contribution in [0.3, 0.4) is 0 Å². The molecule has 0 aromatic heterocycles. The van der Waals surface area contributed by atoms with Crippen molar-refractivity contribution in [1.29, 1.82) is 0 Å². The topological polar surface area (TPSA) is 67.5 Å². The SMILES string of the molecule is COCC(O)CCNc1cc(Cl)c(Cl)cc1N. The number of aliphatic hydroxyl groups excluding tert-OH is 1. The van der Waals surface area contributed by atoms with Gasteiger partial charge in [0, 0.05) is 13.7 Å². The van der Waals surface area contributed by atoms with Gasteiger partial charge in [-0.15, -0.1) is 0 Å². The van der Waals surface area contributed by atoms with Crippen LogP contribution in [0.25, 0.3) is 0 Å². The number of methoxy groups -OCH3 is 1. The van der Waals surface area contributed by atoms with Gasteiger partial charge in [-0.2, -0.15) is 0 Å². The van der Waals surface area contributed by atoms with Crippen LogP contribution in [0.15, 0.2) is 12.1 Å². The second-order valence-corrected chi connectivity index (χ2v) is 4.49. The van der Waals surface area contributed by atoms with Crippen molar-refractivity contribution in [1.82, 2.24) is 0 Å². The normalized spacial score (nSPS) is 12.5. The Balaban J connectivity index is 2.49. The fourth-order valence-corrected chi connectivity index (χ4v) is 1.70. The number of hydrogen-bond donors (Lipinski definition) is 3. The van der Waals surface area contributed by atoms with E-state index in [-0.39, 0.29) is 0 Å². The summed E-state index contributed by atoms with van der Waals surface area (Å²) in [6.45, 7) is 0.894. The second kappa shape index (κ2) is 6.91. The van der Waals surface area contributed by atoms with E-state index in [0.29, 0.717) is 41.0 Å². The fourth-order valence-electron chi connectivity index (χ4n) is 1.36. The molecule has 1 unspecified atom stereocenters. The lowest BCUT2D eigenvalue weighted by Gasteiger charge is -2.13. The van der Waals surface area contributed by atoms with Gasteiger partial charge in [-0.1, -0.05) is 23.2 Å². The largest absolute Gasteiger partial charge is 0.397 e. The van der Waals surface area contributed by atoms with Crippen LogP contribution in [0.4, 0.5) is 11.4 Å². The number of halogens is 2. The van der Waals surface area contributed by atoms with E-state index < -0.39 is 6.10 Å². The molecule has 0 amide bonds. The van der Waals surface area contributed by atoms with Crippen molar-refractivity contribution in [2.75, 3.05) is 31.3 Å². The second-order valence-electron chi connectivity index (χ2n) is 3.68. The summed E-state index contributed by atoms with van der Waals surface area (Å²) in [6, 6.07) is 3.26. The summed E-state index contributed by atoms with van der Waals surface area (Å²) in [6.07, 6.45) is 0.0737. The highest BCUT2D eigenvalue weighted by Gasteiger charge is 2.06. The van der Waals surface area contributed by atoms with E-state index in [1.807, 2.05) is 0 Å². The zero-order valence-electron chi connectivity index (χ0n) is 9.54.